The van der Waals surface area contributed by atoms with E-state index in [1.54, 1.807) is 0 Å². The van der Waals surface area contributed by atoms with E-state index in [-0.39, 0.29) is 5.41 Å². The van der Waals surface area contributed by atoms with Gasteiger partial charge in [0, 0.05) is 17.8 Å². The van der Waals surface area contributed by atoms with Gasteiger partial charge in [0.2, 0.25) is 0 Å². The summed E-state index contributed by atoms with van der Waals surface area (Å²) in [5.74, 6) is 0.623. The van der Waals surface area contributed by atoms with Crippen LogP contribution in [0.4, 0.5) is 0 Å². The molecule has 0 bridgehead atoms. The van der Waals surface area contributed by atoms with Gasteiger partial charge in [-0.25, -0.2) is 0 Å². The van der Waals surface area contributed by atoms with Gasteiger partial charge in [0.15, 0.2) is 0 Å². The highest BCUT2D eigenvalue weighted by Gasteiger charge is 2.23. The quantitative estimate of drug-likeness (QED) is 0.734. The van der Waals surface area contributed by atoms with Crippen molar-refractivity contribution >= 4 is 5.78 Å². The molecule has 1 nitrogen and oxygen atoms in total. The van der Waals surface area contributed by atoms with Crippen LogP contribution < -0.4 is 0 Å². The Morgan fingerprint density at radius 3 is 1.67 bits per heavy atom. The molecule has 2 aromatic rings. The number of carbonyl (C=O) groups excluding carboxylic acids is 1. The summed E-state index contributed by atoms with van der Waals surface area (Å²) in [5.41, 5.74) is 2.31. The molecule has 0 aliphatic carbocycles. The van der Waals surface area contributed by atoms with Crippen molar-refractivity contribution in [1.82, 2.24) is 0 Å². The van der Waals surface area contributed by atoms with Crippen molar-refractivity contribution in [1.29, 1.82) is 0 Å². The molecular weight excluding hydrogens is 256 g/mol. The lowest BCUT2D eigenvalue weighted by atomic mass is 9.82. The van der Waals surface area contributed by atoms with Crippen LogP contribution in [0.2, 0.25) is 0 Å². The third-order valence-corrected chi connectivity index (χ3v) is 3.90. The lowest BCUT2D eigenvalue weighted by Crippen LogP contribution is -2.20. The third-order valence-electron chi connectivity index (χ3n) is 3.90. The van der Waals surface area contributed by atoms with Crippen molar-refractivity contribution in [3.8, 4) is 0 Å². The highest BCUT2D eigenvalue weighted by molar-refractivity contribution is 5.83. The van der Waals surface area contributed by atoms with E-state index in [9.17, 15) is 4.79 Å². The normalized spacial score (nSPS) is 11.6. The Kier molecular flexibility index (Phi) is 4.95. The minimum atomic E-state index is -0.252. The van der Waals surface area contributed by atoms with E-state index in [1.807, 2.05) is 32.9 Å². The number of hydrogen-bond donors (Lipinski definition) is 0. The van der Waals surface area contributed by atoms with Crippen LogP contribution in [0.15, 0.2) is 60.7 Å². The predicted molar refractivity (Wildman–Crippen MR) is 88.4 cm³/mol. The van der Waals surface area contributed by atoms with Gasteiger partial charge in [0.05, 0.1) is 0 Å². The van der Waals surface area contributed by atoms with Gasteiger partial charge >= 0.3 is 0 Å². The van der Waals surface area contributed by atoms with Crippen molar-refractivity contribution in [3.05, 3.63) is 71.8 Å². The maximum atomic E-state index is 12.2. The van der Waals surface area contributed by atoms with Gasteiger partial charge in [-0.15, -0.1) is 0 Å². The summed E-state index contributed by atoms with van der Waals surface area (Å²) < 4.78 is 0. The molecule has 0 unspecified atom stereocenters. The fourth-order valence-corrected chi connectivity index (χ4v) is 2.55. The van der Waals surface area contributed by atoms with Crippen molar-refractivity contribution < 1.29 is 4.79 Å². The number of Topliss-reactive ketones (excluding diaryl/α,β-unsaturated/α-hetero) is 1. The van der Waals surface area contributed by atoms with Gasteiger partial charge in [-0.2, -0.15) is 0 Å². The summed E-state index contributed by atoms with van der Waals surface area (Å²) in [6.45, 7) is 5.99. The van der Waals surface area contributed by atoms with E-state index in [1.165, 1.54) is 11.1 Å². The Bertz CT molecular complexity index is 524. The van der Waals surface area contributed by atoms with Gasteiger partial charge in [0.25, 0.3) is 0 Å². The Morgan fingerprint density at radius 2 is 1.29 bits per heavy atom. The van der Waals surface area contributed by atoms with E-state index in [2.05, 4.69) is 48.5 Å². The molecule has 0 aromatic heterocycles. The van der Waals surface area contributed by atoms with Crippen LogP contribution in [0, 0.1) is 5.41 Å². The third kappa shape index (κ3) is 4.29. The second-order valence-electron chi connectivity index (χ2n) is 6.59. The standard InChI is InChI=1S/C20H24O/c1-20(2,3)19(21)15-14-18(16-10-6-4-7-11-16)17-12-8-5-9-13-17/h4-13,18H,14-15H2,1-3H3. The number of ketones is 1. The lowest BCUT2D eigenvalue weighted by Gasteiger charge is -2.21. The number of rotatable bonds is 5. The molecule has 0 radical (unpaired) electrons. The maximum absolute atomic E-state index is 12.2. The Labute approximate surface area is 128 Å². The highest BCUT2D eigenvalue weighted by Crippen LogP contribution is 2.30. The maximum Gasteiger partial charge on any atom is 0.138 e. The van der Waals surface area contributed by atoms with E-state index < -0.39 is 0 Å². The second-order valence-corrected chi connectivity index (χ2v) is 6.59. The van der Waals surface area contributed by atoms with Crippen molar-refractivity contribution in [2.75, 3.05) is 0 Å². The van der Waals surface area contributed by atoms with E-state index in [0.717, 1.165) is 6.42 Å². The SMILES string of the molecule is CC(C)(C)C(=O)CCC(c1ccccc1)c1ccccc1. The fourth-order valence-electron chi connectivity index (χ4n) is 2.55. The van der Waals surface area contributed by atoms with Crippen LogP contribution in [0.5, 0.6) is 0 Å². The van der Waals surface area contributed by atoms with Crippen molar-refractivity contribution in [3.63, 3.8) is 0 Å². The van der Waals surface area contributed by atoms with Crippen LogP contribution in [-0.2, 0) is 4.79 Å². The smallest absolute Gasteiger partial charge is 0.138 e. The summed E-state index contributed by atoms with van der Waals surface area (Å²) in [6, 6.07) is 20.9. The molecular formula is C20H24O. The predicted octanol–water partition coefficient (Wildman–Crippen LogP) is 5.21. The van der Waals surface area contributed by atoms with Crippen LogP contribution >= 0.6 is 0 Å². The molecule has 0 heterocycles. The minimum Gasteiger partial charge on any atom is -0.299 e. The lowest BCUT2D eigenvalue weighted by molar-refractivity contribution is -0.126. The molecule has 1 heteroatoms. The topological polar surface area (TPSA) is 17.1 Å². The molecule has 0 saturated heterocycles. The average molecular weight is 280 g/mol. The highest BCUT2D eigenvalue weighted by atomic mass is 16.1. The number of hydrogen-bond acceptors (Lipinski definition) is 1. The van der Waals surface area contributed by atoms with E-state index in [4.69, 9.17) is 0 Å². The first-order valence-electron chi connectivity index (χ1n) is 7.61. The first kappa shape index (κ1) is 15.5. The summed E-state index contributed by atoms with van der Waals surface area (Å²) in [4.78, 5) is 12.2. The van der Waals surface area contributed by atoms with Gasteiger partial charge < -0.3 is 0 Å². The Morgan fingerprint density at radius 1 is 0.857 bits per heavy atom. The van der Waals surface area contributed by atoms with Crippen LogP contribution in [0.25, 0.3) is 0 Å². The summed E-state index contributed by atoms with van der Waals surface area (Å²) in [5, 5.41) is 0. The molecule has 0 fully saturated rings. The van der Waals surface area contributed by atoms with Gasteiger partial charge in [0.1, 0.15) is 5.78 Å². The van der Waals surface area contributed by atoms with E-state index >= 15 is 0 Å². The molecule has 0 saturated carbocycles. The molecule has 110 valence electrons. The number of benzene rings is 2. The summed E-state index contributed by atoms with van der Waals surface area (Å²) in [7, 11) is 0. The molecule has 0 aliphatic heterocycles. The zero-order valence-corrected chi connectivity index (χ0v) is 13.2. The molecule has 21 heavy (non-hydrogen) atoms. The molecule has 0 amide bonds. The molecule has 2 aromatic carbocycles. The summed E-state index contributed by atoms with van der Waals surface area (Å²) in [6.07, 6.45) is 1.49. The van der Waals surface area contributed by atoms with Crippen LogP contribution in [0.3, 0.4) is 0 Å². The first-order valence-corrected chi connectivity index (χ1v) is 7.61. The van der Waals surface area contributed by atoms with E-state index in [0.29, 0.717) is 18.1 Å². The average Bonchev–Trinajstić information content (AvgIpc) is 2.48. The second kappa shape index (κ2) is 6.71. The Balaban J connectivity index is 2.20. The monoisotopic (exact) mass is 280 g/mol. The molecule has 0 N–H and O–H groups in total. The van der Waals surface area contributed by atoms with Crippen LogP contribution in [0.1, 0.15) is 50.7 Å². The molecule has 0 atom stereocenters. The van der Waals surface area contributed by atoms with Gasteiger partial charge in [-0.1, -0.05) is 81.4 Å². The fraction of sp³-hybridized carbons (Fsp3) is 0.350. The summed E-state index contributed by atoms with van der Waals surface area (Å²) >= 11 is 0. The first-order chi connectivity index (χ1) is 9.98. The zero-order valence-electron chi connectivity index (χ0n) is 13.2. The van der Waals surface area contributed by atoms with Crippen molar-refractivity contribution in [2.24, 2.45) is 5.41 Å². The zero-order chi connectivity index (χ0) is 15.3. The minimum absolute atomic E-state index is 0.252. The van der Waals surface area contributed by atoms with Gasteiger partial charge in [-0.05, 0) is 17.5 Å². The molecule has 2 rings (SSSR count). The van der Waals surface area contributed by atoms with Gasteiger partial charge in [-0.3, -0.25) is 4.79 Å². The largest absolute Gasteiger partial charge is 0.299 e. The molecule has 0 aliphatic rings. The molecule has 0 spiro atoms. The van der Waals surface area contributed by atoms with Crippen LogP contribution in [-0.4, -0.2) is 5.78 Å². The van der Waals surface area contributed by atoms with Crippen molar-refractivity contribution in [2.45, 2.75) is 39.5 Å². The Hall–Kier alpha value is -1.89. The number of carbonyl (C=O) groups is 1.